The second-order valence-corrected chi connectivity index (χ2v) is 6.55. The highest BCUT2D eigenvalue weighted by molar-refractivity contribution is 5.79. The van der Waals surface area contributed by atoms with Crippen LogP contribution in [-0.2, 0) is 9.53 Å². The molecule has 1 aliphatic carbocycles. The normalized spacial score (nSPS) is 32.0. The van der Waals surface area contributed by atoms with Crippen LogP contribution in [0.2, 0.25) is 0 Å². The van der Waals surface area contributed by atoms with Gasteiger partial charge in [0.15, 0.2) is 0 Å². The van der Waals surface area contributed by atoms with Gasteiger partial charge >= 0.3 is 0 Å². The number of hydrogen-bond donors (Lipinski definition) is 1. The van der Waals surface area contributed by atoms with Gasteiger partial charge in [0.05, 0.1) is 6.10 Å². The summed E-state index contributed by atoms with van der Waals surface area (Å²) in [5.74, 6) is 1.03. The van der Waals surface area contributed by atoms with Gasteiger partial charge in [0.2, 0.25) is 5.91 Å². The molecule has 1 heterocycles. The number of rotatable bonds is 4. The Morgan fingerprint density at radius 1 is 1.37 bits per heavy atom. The minimum atomic E-state index is 0.160. The molecule has 2 aliphatic rings. The van der Waals surface area contributed by atoms with Crippen LogP contribution in [0.3, 0.4) is 0 Å². The molecule has 3 unspecified atom stereocenters. The van der Waals surface area contributed by atoms with E-state index in [1.54, 1.807) is 0 Å². The molecule has 2 fully saturated rings. The molecule has 1 amide bonds. The lowest BCUT2D eigenvalue weighted by molar-refractivity contribution is -0.136. The van der Waals surface area contributed by atoms with Crippen LogP contribution >= 0.6 is 0 Å². The molecular formula is C15H28N2O2. The van der Waals surface area contributed by atoms with Crippen molar-refractivity contribution in [2.24, 2.45) is 17.6 Å². The summed E-state index contributed by atoms with van der Waals surface area (Å²) >= 11 is 0. The number of likely N-dealkylation sites (tertiary alicyclic amines) is 1. The molecular weight excluding hydrogens is 240 g/mol. The van der Waals surface area contributed by atoms with Crippen molar-refractivity contribution in [2.45, 2.75) is 58.1 Å². The maximum absolute atomic E-state index is 12.4. The zero-order valence-corrected chi connectivity index (χ0v) is 12.3. The third-order valence-electron chi connectivity index (χ3n) is 4.19. The van der Waals surface area contributed by atoms with Crippen LogP contribution in [0.25, 0.3) is 0 Å². The molecule has 2 N–H and O–H groups in total. The van der Waals surface area contributed by atoms with E-state index >= 15 is 0 Å². The monoisotopic (exact) mass is 268 g/mol. The summed E-state index contributed by atoms with van der Waals surface area (Å²) in [5.41, 5.74) is 5.97. The van der Waals surface area contributed by atoms with E-state index in [-0.39, 0.29) is 18.1 Å². The quantitative estimate of drug-likeness (QED) is 0.845. The number of carbonyl (C=O) groups excluding carboxylic acids is 1. The molecule has 1 saturated heterocycles. The van der Waals surface area contributed by atoms with E-state index in [4.69, 9.17) is 10.5 Å². The molecule has 0 aromatic rings. The average Bonchev–Trinajstić information content (AvgIpc) is 2.84. The average molecular weight is 268 g/mol. The maximum Gasteiger partial charge on any atom is 0.225 e. The minimum Gasteiger partial charge on any atom is -0.376 e. The van der Waals surface area contributed by atoms with Crippen molar-refractivity contribution >= 4 is 5.91 Å². The van der Waals surface area contributed by atoms with Gasteiger partial charge in [-0.25, -0.2) is 0 Å². The van der Waals surface area contributed by atoms with Crippen LogP contribution in [0.4, 0.5) is 0 Å². The molecule has 4 nitrogen and oxygen atoms in total. The molecule has 110 valence electrons. The van der Waals surface area contributed by atoms with Crippen molar-refractivity contribution in [3.63, 3.8) is 0 Å². The van der Waals surface area contributed by atoms with E-state index in [9.17, 15) is 4.79 Å². The summed E-state index contributed by atoms with van der Waals surface area (Å²) in [6.45, 7) is 6.73. The Hall–Kier alpha value is -0.610. The van der Waals surface area contributed by atoms with Crippen molar-refractivity contribution in [1.82, 2.24) is 4.90 Å². The van der Waals surface area contributed by atoms with Crippen molar-refractivity contribution in [3.8, 4) is 0 Å². The van der Waals surface area contributed by atoms with Gasteiger partial charge in [0, 0.05) is 31.7 Å². The first-order chi connectivity index (χ1) is 9.06. The van der Waals surface area contributed by atoms with Crippen LogP contribution in [0.15, 0.2) is 0 Å². The van der Waals surface area contributed by atoms with E-state index in [1.165, 1.54) is 0 Å². The number of ether oxygens (including phenoxy) is 1. The predicted octanol–water partition coefficient (Wildman–Crippen LogP) is 1.78. The molecule has 1 saturated carbocycles. The zero-order chi connectivity index (χ0) is 13.8. The fraction of sp³-hybridized carbons (Fsp3) is 0.933. The maximum atomic E-state index is 12.4. The van der Waals surface area contributed by atoms with E-state index in [1.807, 2.05) is 4.90 Å². The Balaban J connectivity index is 1.78. The smallest absolute Gasteiger partial charge is 0.225 e. The van der Waals surface area contributed by atoms with E-state index in [0.29, 0.717) is 11.8 Å². The van der Waals surface area contributed by atoms with Crippen LogP contribution < -0.4 is 5.73 Å². The Morgan fingerprint density at radius 2 is 2.16 bits per heavy atom. The van der Waals surface area contributed by atoms with Crippen LogP contribution in [0, 0.1) is 11.8 Å². The van der Waals surface area contributed by atoms with Gasteiger partial charge in [0.25, 0.3) is 0 Å². The van der Waals surface area contributed by atoms with Gasteiger partial charge in [-0.15, -0.1) is 0 Å². The fourth-order valence-corrected chi connectivity index (χ4v) is 3.10. The largest absolute Gasteiger partial charge is 0.376 e. The summed E-state index contributed by atoms with van der Waals surface area (Å²) in [5, 5.41) is 0. The number of hydrogen-bond acceptors (Lipinski definition) is 3. The van der Waals surface area contributed by atoms with Gasteiger partial charge in [-0.1, -0.05) is 20.3 Å². The highest BCUT2D eigenvalue weighted by atomic mass is 16.5. The van der Waals surface area contributed by atoms with Crippen molar-refractivity contribution in [2.75, 3.05) is 19.7 Å². The minimum absolute atomic E-state index is 0.160. The lowest BCUT2D eigenvalue weighted by Gasteiger charge is -2.29. The van der Waals surface area contributed by atoms with Gasteiger partial charge in [-0.05, 0) is 31.6 Å². The first-order valence-electron chi connectivity index (χ1n) is 7.72. The molecule has 2 rings (SSSR count). The molecule has 3 atom stereocenters. The highest BCUT2D eigenvalue weighted by Gasteiger charge is 2.33. The fourth-order valence-electron chi connectivity index (χ4n) is 3.10. The summed E-state index contributed by atoms with van der Waals surface area (Å²) in [6.07, 6.45) is 5.27. The summed E-state index contributed by atoms with van der Waals surface area (Å²) in [4.78, 5) is 14.4. The van der Waals surface area contributed by atoms with Gasteiger partial charge < -0.3 is 15.4 Å². The zero-order valence-electron chi connectivity index (χ0n) is 12.3. The SMILES string of the molecule is CC(C)COC1CCN(C(=O)C2CCCC(N)C2)C1. The van der Waals surface area contributed by atoms with E-state index in [2.05, 4.69) is 13.8 Å². The first kappa shape index (κ1) is 14.8. The molecule has 4 heteroatoms. The van der Waals surface area contributed by atoms with Crippen LogP contribution in [0.5, 0.6) is 0 Å². The molecule has 0 aromatic carbocycles. The summed E-state index contributed by atoms with van der Waals surface area (Å²) in [7, 11) is 0. The summed E-state index contributed by atoms with van der Waals surface area (Å²) < 4.78 is 5.83. The van der Waals surface area contributed by atoms with Crippen LogP contribution in [0.1, 0.15) is 46.0 Å². The Kier molecular flexibility index (Phi) is 5.22. The number of amides is 1. The first-order valence-corrected chi connectivity index (χ1v) is 7.72. The van der Waals surface area contributed by atoms with Gasteiger partial charge in [-0.2, -0.15) is 0 Å². The van der Waals surface area contributed by atoms with E-state index < -0.39 is 0 Å². The third-order valence-corrected chi connectivity index (χ3v) is 4.19. The molecule has 0 bridgehead atoms. The summed E-state index contributed by atoms with van der Waals surface area (Å²) in [6, 6.07) is 0.221. The predicted molar refractivity (Wildman–Crippen MR) is 75.7 cm³/mol. The Bertz CT molecular complexity index is 307. The lowest BCUT2D eigenvalue weighted by atomic mass is 9.85. The van der Waals surface area contributed by atoms with Crippen LogP contribution in [-0.4, -0.2) is 42.6 Å². The molecule has 0 spiro atoms. The topological polar surface area (TPSA) is 55.6 Å². The molecule has 0 aromatic heterocycles. The van der Waals surface area contributed by atoms with E-state index in [0.717, 1.165) is 51.8 Å². The third kappa shape index (κ3) is 4.18. The Morgan fingerprint density at radius 3 is 2.84 bits per heavy atom. The highest BCUT2D eigenvalue weighted by Crippen LogP contribution is 2.26. The molecule has 0 radical (unpaired) electrons. The number of nitrogens with zero attached hydrogens (tertiary/aromatic N) is 1. The molecule has 1 aliphatic heterocycles. The molecule has 19 heavy (non-hydrogen) atoms. The van der Waals surface area contributed by atoms with Crippen molar-refractivity contribution in [1.29, 1.82) is 0 Å². The van der Waals surface area contributed by atoms with Crippen molar-refractivity contribution < 1.29 is 9.53 Å². The number of carbonyl (C=O) groups is 1. The lowest BCUT2D eigenvalue weighted by Crippen LogP contribution is -2.40. The van der Waals surface area contributed by atoms with Crippen molar-refractivity contribution in [3.05, 3.63) is 0 Å². The second-order valence-electron chi connectivity index (χ2n) is 6.55. The second kappa shape index (κ2) is 6.71. The van der Waals surface area contributed by atoms with Gasteiger partial charge in [-0.3, -0.25) is 4.79 Å². The van der Waals surface area contributed by atoms with Gasteiger partial charge in [0.1, 0.15) is 0 Å². The number of nitrogens with two attached hydrogens (primary N) is 1. The Labute approximate surface area is 116 Å². The standard InChI is InChI=1S/C15H28N2O2/c1-11(2)10-19-14-6-7-17(9-14)15(18)12-4-3-5-13(16)8-12/h11-14H,3-10,16H2,1-2H3.